The maximum atomic E-state index is 12.6. The molecule has 0 heterocycles. The van der Waals surface area contributed by atoms with Gasteiger partial charge < -0.3 is 21.1 Å². The number of carbonyl (C=O) groups excluding carboxylic acids is 1. The molecule has 0 fully saturated rings. The summed E-state index contributed by atoms with van der Waals surface area (Å²) in [4.78, 5) is 12.6. The van der Waals surface area contributed by atoms with Crippen molar-refractivity contribution in [2.24, 2.45) is 11.7 Å². The standard InChI is InChI=1S/C31H63NO4/c1-3-5-7-9-11-13-14-15-16-17-19-21-23-25-28(34)30(31(32)36)29(35)26-27(33)24-22-20-18-12-10-8-6-4-2/h27-28,30-31,33-34,36H,3-26,32H2,1-2H3/t27?,28-,30-,31?/m1/s1. The van der Waals surface area contributed by atoms with Crippen LogP contribution in [0.3, 0.4) is 0 Å². The second-order valence-corrected chi connectivity index (χ2v) is 11.2. The van der Waals surface area contributed by atoms with E-state index < -0.39 is 24.4 Å². The zero-order valence-corrected chi connectivity index (χ0v) is 24.1. The molecule has 0 rings (SSSR count). The van der Waals surface area contributed by atoms with Crippen LogP contribution in [0, 0.1) is 5.92 Å². The van der Waals surface area contributed by atoms with Crippen molar-refractivity contribution >= 4 is 5.78 Å². The smallest absolute Gasteiger partial charge is 0.145 e. The molecule has 0 aromatic carbocycles. The van der Waals surface area contributed by atoms with Gasteiger partial charge in [-0.2, -0.15) is 0 Å². The third-order valence-corrected chi connectivity index (χ3v) is 7.59. The highest BCUT2D eigenvalue weighted by atomic mass is 16.3. The molecule has 0 aliphatic heterocycles. The summed E-state index contributed by atoms with van der Waals surface area (Å²) in [6.45, 7) is 4.47. The predicted molar refractivity (Wildman–Crippen MR) is 153 cm³/mol. The van der Waals surface area contributed by atoms with Crippen LogP contribution in [-0.2, 0) is 4.79 Å². The van der Waals surface area contributed by atoms with Crippen molar-refractivity contribution in [1.29, 1.82) is 0 Å². The van der Waals surface area contributed by atoms with Gasteiger partial charge in [0.15, 0.2) is 0 Å². The fraction of sp³-hybridized carbons (Fsp3) is 0.968. The minimum Gasteiger partial charge on any atom is -0.393 e. The molecule has 0 aromatic rings. The van der Waals surface area contributed by atoms with E-state index >= 15 is 0 Å². The normalized spacial score (nSPS) is 15.1. The Balaban J connectivity index is 3.88. The number of aliphatic hydroxyl groups excluding tert-OH is 3. The molecule has 0 aliphatic rings. The van der Waals surface area contributed by atoms with Gasteiger partial charge in [0.1, 0.15) is 12.0 Å². The SMILES string of the molecule is CCCCCCCCCCCCCCC[C@@H](O)[C@H](C(=O)CC(O)CCCCCCCCCC)C(N)O. The third kappa shape index (κ3) is 21.6. The quantitative estimate of drug-likeness (QED) is 0.0638. The zero-order valence-electron chi connectivity index (χ0n) is 24.1. The molecule has 0 saturated carbocycles. The van der Waals surface area contributed by atoms with Gasteiger partial charge in [0.25, 0.3) is 0 Å². The number of hydrogen-bond donors (Lipinski definition) is 4. The first-order valence-corrected chi connectivity index (χ1v) is 15.8. The zero-order chi connectivity index (χ0) is 26.9. The van der Waals surface area contributed by atoms with Crippen molar-refractivity contribution in [2.75, 3.05) is 0 Å². The van der Waals surface area contributed by atoms with E-state index in [-0.39, 0.29) is 12.2 Å². The van der Waals surface area contributed by atoms with E-state index in [4.69, 9.17) is 5.73 Å². The van der Waals surface area contributed by atoms with E-state index in [1.807, 2.05) is 0 Å². The van der Waals surface area contributed by atoms with Crippen molar-refractivity contribution < 1.29 is 20.1 Å². The third-order valence-electron chi connectivity index (χ3n) is 7.59. The molecule has 5 nitrogen and oxygen atoms in total. The van der Waals surface area contributed by atoms with Crippen molar-refractivity contribution in [3.05, 3.63) is 0 Å². The molecular formula is C31H63NO4. The van der Waals surface area contributed by atoms with E-state index in [2.05, 4.69) is 13.8 Å². The van der Waals surface area contributed by atoms with Crippen LogP contribution in [0.15, 0.2) is 0 Å². The van der Waals surface area contributed by atoms with Crippen LogP contribution in [0.4, 0.5) is 0 Å². The lowest BCUT2D eigenvalue weighted by molar-refractivity contribution is -0.133. The molecule has 0 radical (unpaired) electrons. The summed E-state index contributed by atoms with van der Waals surface area (Å²) in [5.74, 6) is -1.32. The molecule has 5 heteroatoms. The van der Waals surface area contributed by atoms with Crippen LogP contribution in [0.1, 0.15) is 168 Å². The maximum absolute atomic E-state index is 12.6. The number of hydrogen-bond acceptors (Lipinski definition) is 5. The molecule has 5 N–H and O–H groups in total. The average Bonchev–Trinajstić information content (AvgIpc) is 2.83. The Labute approximate surface area is 224 Å². The average molecular weight is 514 g/mol. The van der Waals surface area contributed by atoms with Gasteiger partial charge in [-0.05, 0) is 12.8 Å². The van der Waals surface area contributed by atoms with Gasteiger partial charge in [-0.15, -0.1) is 0 Å². The summed E-state index contributed by atoms with van der Waals surface area (Å²) >= 11 is 0. The molecule has 216 valence electrons. The fourth-order valence-corrected chi connectivity index (χ4v) is 5.17. The van der Waals surface area contributed by atoms with Gasteiger partial charge in [-0.3, -0.25) is 4.79 Å². The van der Waals surface area contributed by atoms with Crippen LogP contribution < -0.4 is 5.73 Å². The highest BCUT2D eigenvalue weighted by Crippen LogP contribution is 2.20. The van der Waals surface area contributed by atoms with Crippen LogP contribution >= 0.6 is 0 Å². The van der Waals surface area contributed by atoms with Gasteiger partial charge in [-0.25, -0.2) is 0 Å². The Hall–Kier alpha value is -0.490. The molecule has 0 aromatic heterocycles. The summed E-state index contributed by atoms with van der Waals surface area (Å²) in [7, 11) is 0. The van der Waals surface area contributed by atoms with Gasteiger partial charge in [0, 0.05) is 6.42 Å². The molecule has 0 aliphatic carbocycles. The second kappa shape index (κ2) is 26.1. The highest BCUT2D eigenvalue weighted by Gasteiger charge is 2.32. The van der Waals surface area contributed by atoms with Gasteiger partial charge in [0.2, 0.25) is 0 Å². The van der Waals surface area contributed by atoms with E-state index in [0.29, 0.717) is 12.8 Å². The summed E-state index contributed by atoms with van der Waals surface area (Å²) in [5.41, 5.74) is 5.64. The number of Topliss-reactive ketones (excluding diaryl/α,β-unsaturated/α-hetero) is 1. The number of rotatable bonds is 28. The second-order valence-electron chi connectivity index (χ2n) is 11.2. The van der Waals surface area contributed by atoms with Crippen molar-refractivity contribution in [2.45, 2.75) is 186 Å². The summed E-state index contributed by atoms with van der Waals surface area (Å²) in [6, 6.07) is 0. The number of carbonyl (C=O) groups is 1. The Morgan fingerprint density at radius 1 is 0.556 bits per heavy atom. The fourth-order valence-electron chi connectivity index (χ4n) is 5.17. The minimum atomic E-state index is -1.38. The van der Waals surface area contributed by atoms with Crippen molar-refractivity contribution in [3.8, 4) is 0 Å². The Morgan fingerprint density at radius 2 is 0.889 bits per heavy atom. The Bertz CT molecular complexity index is 471. The first-order valence-electron chi connectivity index (χ1n) is 15.8. The van der Waals surface area contributed by atoms with Crippen LogP contribution in [0.5, 0.6) is 0 Å². The molecule has 0 bridgehead atoms. The van der Waals surface area contributed by atoms with Crippen LogP contribution in [0.25, 0.3) is 0 Å². The van der Waals surface area contributed by atoms with Gasteiger partial charge in [-0.1, -0.05) is 149 Å². The van der Waals surface area contributed by atoms with E-state index in [0.717, 1.165) is 32.1 Å². The first-order chi connectivity index (χ1) is 17.4. The van der Waals surface area contributed by atoms with Crippen LogP contribution in [0.2, 0.25) is 0 Å². The summed E-state index contributed by atoms with van der Waals surface area (Å²) in [5, 5.41) is 30.7. The van der Waals surface area contributed by atoms with E-state index in [9.17, 15) is 20.1 Å². The Morgan fingerprint density at radius 3 is 1.25 bits per heavy atom. The van der Waals surface area contributed by atoms with E-state index in [1.165, 1.54) is 103 Å². The lowest BCUT2D eigenvalue weighted by Crippen LogP contribution is -2.44. The molecule has 2 unspecified atom stereocenters. The lowest BCUT2D eigenvalue weighted by Gasteiger charge is -2.25. The van der Waals surface area contributed by atoms with Gasteiger partial charge in [0.05, 0.1) is 18.1 Å². The highest BCUT2D eigenvalue weighted by molar-refractivity contribution is 5.82. The largest absolute Gasteiger partial charge is 0.393 e. The molecule has 0 saturated heterocycles. The van der Waals surface area contributed by atoms with Crippen molar-refractivity contribution in [3.63, 3.8) is 0 Å². The summed E-state index contributed by atoms with van der Waals surface area (Å²) < 4.78 is 0. The Kier molecular flexibility index (Phi) is 25.8. The topological polar surface area (TPSA) is 104 Å². The summed E-state index contributed by atoms with van der Waals surface area (Å²) in [6.07, 6.45) is 23.8. The van der Waals surface area contributed by atoms with Gasteiger partial charge >= 0.3 is 0 Å². The molecular weight excluding hydrogens is 450 g/mol. The predicted octanol–water partition coefficient (Wildman–Crippen LogP) is 7.57. The molecule has 4 atom stereocenters. The monoisotopic (exact) mass is 513 g/mol. The number of unbranched alkanes of at least 4 members (excludes halogenated alkanes) is 19. The van der Waals surface area contributed by atoms with E-state index in [1.54, 1.807) is 0 Å². The number of nitrogens with two attached hydrogens (primary N) is 1. The molecule has 0 amide bonds. The number of aliphatic hydroxyl groups is 3. The lowest BCUT2D eigenvalue weighted by atomic mass is 9.88. The van der Waals surface area contributed by atoms with Crippen LogP contribution in [-0.4, -0.2) is 39.5 Å². The maximum Gasteiger partial charge on any atom is 0.145 e. The molecule has 0 spiro atoms. The number of ketones is 1. The first kappa shape index (κ1) is 35.5. The van der Waals surface area contributed by atoms with Crippen molar-refractivity contribution in [1.82, 2.24) is 0 Å². The molecule has 36 heavy (non-hydrogen) atoms. The minimum absolute atomic E-state index is 0.0366.